The monoisotopic (exact) mass is 263 g/mol. The van der Waals surface area contributed by atoms with E-state index in [1.54, 1.807) is 17.7 Å². The highest BCUT2D eigenvalue weighted by Gasteiger charge is 2.08. The molecule has 0 aliphatic carbocycles. The van der Waals surface area contributed by atoms with Crippen LogP contribution in [-0.4, -0.2) is 16.5 Å². The van der Waals surface area contributed by atoms with Crippen LogP contribution < -0.4 is 5.32 Å². The molecule has 98 valence electrons. The number of hydrogen-bond acceptors (Lipinski definition) is 4. The Labute approximate surface area is 113 Å². The SMILES string of the molecule is CCCCC(CC)CNc1ncnc2sccc12. The van der Waals surface area contributed by atoms with Crippen LogP contribution in [0.4, 0.5) is 5.82 Å². The van der Waals surface area contributed by atoms with Crippen molar-refractivity contribution in [1.29, 1.82) is 0 Å². The van der Waals surface area contributed by atoms with Crippen molar-refractivity contribution in [2.75, 3.05) is 11.9 Å². The van der Waals surface area contributed by atoms with Gasteiger partial charge in [-0.2, -0.15) is 0 Å². The molecule has 0 saturated heterocycles. The first kappa shape index (κ1) is 13.3. The number of unbranched alkanes of at least 4 members (excludes halogenated alkanes) is 1. The second-order valence-electron chi connectivity index (χ2n) is 4.66. The zero-order valence-electron chi connectivity index (χ0n) is 11.1. The molecule has 2 rings (SSSR count). The summed E-state index contributed by atoms with van der Waals surface area (Å²) in [5, 5.41) is 6.70. The highest BCUT2D eigenvalue weighted by Crippen LogP contribution is 2.24. The summed E-state index contributed by atoms with van der Waals surface area (Å²) in [5.41, 5.74) is 0. The number of anilines is 1. The maximum atomic E-state index is 4.35. The van der Waals surface area contributed by atoms with Gasteiger partial charge in [0.05, 0.1) is 5.39 Å². The molecule has 0 spiro atoms. The normalized spacial score (nSPS) is 12.8. The summed E-state index contributed by atoms with van der Waals surface area (Å²) in [6, 6.07) is 2.09. The van der Waals surface area contributed by atoms with Crippen LogP contribution in [0, 0.1) is 5.92 Å². The van der Waals surface area contributed by atoms with Gasteiger partial charge in [-0.1, -0.05) is 33.1 Å². The first-order valence-corrected chi connectivity index (χ1v) is 7.65. The molecule has 1 unspecified atom stereocenters. The van der Waals surface area contributed by atoms with E-state index in [-0.39, 0.29) is 0 Å². The van der Waals surface area contributed by atoms with Crippen molar-refractivity contribution in [1.82, 2.24) is 9.97 Å². The van der Waals surface area contributed by atoms with E-state index >= 15 is 0 Å². The first-order valence-electron chi connectivity index (χ1n) is 6.77. The van der Waals surface area contributed by atoms with E-state index < -0.39 is 0 Å². The van der Waals surface area contributed by atoms with Crippen molar-refractivity contribution in [2.45, 2.75) is 39.5 Å². The molecule has 0 aliphatic heterocycles. The van der Waals surface area contributed by atoms with E-state index in [2.05, 4.69) is 40.6 Å². The average molecular weight is 263 g/mol. The van der Waals surface area contributed by atoms with Gasteiger partial charge in [-0.3, -0.25) is 0 Å². The molecule has 2 aromatic heterocycles. The summed E-state index contributed by atoms with van der Waals surface area (Å²) in [6.07, 6.45) is 6.77. The van der Waals surface area contributed by atoms with Gasteiger partial charge in [-0.25, -0.2) is 9.97 Å². The van der Waals surface area contributed by atoms with Gasteiger partial charge < -0.3 is 5.32 Å². The van der Waals surface area contributed by atoms with Crippen molar-refractivity contribution in [2.24, 2.45) is 5.92 Å². The fraction of sp³-hybridized carbons (Fsp3) is 0.571. The molecule has 0 aromatic carbocycles. The molecule has 3 nitrogen and oxygen atoms in total. The molecule has 18 heavy (non-hydrogen) atoms. The van der Waals surface area contributed by atoms with Crippen molar-refractivity contribution in [3.63, 3.8) is 0 Å². The number of hydrogen-bond donors (Lipinski definition) is 1. The van der Waals surface area contributed by atoms with E-state index in [0.717, 1.165) is 28.5 Å². The van der Waals surface area contributed by atoms with Gasteiger partial charge in [0.1, 0.15) is 17.0 Å². The van der Waals surface area contributed by atoms with Crippen LogP contribution in [0.3, 0.4) is 0 Å². The van der Waals surface area contributed by atoms with Gasteiger partial charge in [0.2, 0.25) is 0 Å². The van der Waals surface area contributed by atoms with Crippen molar-refractivity contribution in [3.8, 4) is 0 Å². The third kappa shape index (κ3) is 3.19. The summed E-state index contributed by atoms with van der Waals surface area (Å²) in [7, 11) is 0. The number of thiophene rings is 1. The van der Waals surface area contributed by atoms with E-state index in [1.165, 1.54) is 25.7 Å². The Balaban J connectivity index is 1.98. The number of rotatable bonds is 7. The van der Waals surface area contributed by atoms with Crippen LogP contribution in [-0.2, 0) is 0 Å². The Morgan fingerprint density at radius 2 is 2.22 bits per heavy atom. The van der Waals surface area contributed by atoms with Crippen LogP contribution in [0.2, 0.25) is 0 Å². The topological polar surface area (TPSA) is 37.8 Å². The van der Waals surface area contributed by atoms with Gasteiger partial charge in [0.15, 0.2) is 0 Å². The summed E-state index contributed by atoms with van der Waals surface area (Å²) in [5.74, 6) is 1.73. The molecule has 1 N–H and O–H groups in total. The third-order valence-electron chi connectivity index (χ3n) is 3.36. The fourth-order valence-electron chi connectivity index (χ4n) is 2.12. The van der Waals surface area contributed by atoms with Gasteiger partial charge in [0, 0.05) is 6.54 Å². The molecule has 0 saturated carbocycles. The van der Waals surface area contributed by atoms with Gasteiger partial charge in [0.25, 0.3) is 0 Å². The Hall–Kier alpha value is -1.16. The minimum Gasteiger partial charge on any atom is -0.369 e. The summed E-state index contributed by atoms with van der Waals surface area (Å²) < 4.78 is 0. The molecule has 0 aliphatic rings. The first-order chi connectivity index (χ1) is 8.85. The van der Waals surface area contributed by atoms with Crippen molar-refractivity contribution >= 4 is 27.4 Å². The highest BCUT2D eigenvalue weighted by atomic mass is 32.1. The zero-order valence-corrected chi connectivity index (χ0v) is 12.0. The summed E-state index contributed by atoms with van der Waals surface area (Å²) in [6.45, 7) is 5.53. The zero-order chi connectivity index (χ0) is 12.8. The van der Waals surface area contributed by atoms with Gasteiger partial charge >= 0.3 is 0 Å². The number of aromatic nitrogens is 2. The maximum Gasteiger partial charge on any atom is 0.138 e. The smallest absolute Gasteiger partial charge is 0.138 e. The molecule has 4 heteroatoms. The Morgan fingerprint density at radius 1 is 1.33 bits per heavy atom. The second-order valence-corrected chi connectivity index (χ2v) is 5.55. The molecular weight excluding hydrogens is 242 g/mol. The lowest BCUT2D eigenvalue weighted by molar-refractivity contribution is 0.472. The quantitative estimate of drug-likeness (QED) is 0.808. The predicted molar refractivity (Wildman–Crippen MR) is 79.2 cm³/mol. The third-order valence-corrected chi connectivity index (χ3v) is 4.18. The van der Waals surface area contributed by atoms with E-state index in [0.29, 0.717) is 0 Å². The molecule has 0 fully saturated rings. The lowest BCUT2D eigenvalue weighted by Gasteiger charge is -2.15. The fourth-order valence-corrected chi connectivity index (χ4v) is 2.85. The van der Waals surface area contributed by atoms with Crippen molar-refractivity contribution in [3.05, 3.63) is 17.8 Å². The van der Waals surface area contributed by atoms with Gasteiger partial charge in [-0.05, 0) is 23.8 Å². The molecular formula is C14H21N3S. The number of nitrogens with zero attached hydrogens (tertiary/aromatic N) is 2. The Morgan fingerprint density at radius 3 is 3.00 bits per heavy atom. The molecule has 0 amide bonds. The second kappa shape index (κ2) is 6.69. The lowest BCUT2D eigenvalue weighted by Crippen LogP contribution is -2.14. The molecule has 0 radical (unpaired) electrons. The number of nitrogens with one attached hydrogen (secondary N) is 1. The number of fused-ring (bicyclic) bond motifs is 1. The average Bonchev–Trinajstić information content (AvgIpc) is 2.88. The maximum absolute atomic E-state index is 4.35. The van der Waals surface area contributed by atoms with Gasteiger partial charge in [-0.15, -0.1) is 11.3 Å². The summed E-state index contributed by atoms with van der Waals surface area (Å²) in [4.78, 5) is 9.68. The van der Waals surface area contributed by atoms with Crippen LogP contribution in [0.1, 0.15) is 39.5 Å². The Kier molecular flexibility index (Phi) is 4.93. The van der Waals surface area contributed by atoms with E-state index in [9.17, 15) is 0 Å². The highest BCUT2D eigenvalue weighted by molar-refractivity contribution is 7.16. The van der Waals surface area contributed by atoms with Crippen LogP contribution in [0.15, 0.2) is 17.8 Å². The van der Waals surface area contributed by atoms with E-state index in [1.807, 2.05) is 0 Å². The van der Waals surface area contributed by atoms with Crippen molar-refractivity contribution < 1.29 is 0 Å². The standard InChI is InChI=1S/C14H21N3S/c1-3-5-6-11(4-2)9-15-13-12-7-8-18-14(12)17-10-16-13/h7-8,10-11H,3-6,9H2,1-2H3,(H,15,16,17). The predicted octanol–water partition coefficient (Wildman–Crippen LogP) is 4.32. The minimum absolute atomic E-state index is 0.744. The van der Waals surface area contributed by atoms with Crippen LogP contribution in [0.25, 0.3) is 10.2 Å². The van der Waals surface area contributed by atoms with Crippen LogP contribution >= 0.6 is 11.3 Å². The summed E-state index contributed by atoms with van der Waals surface area (Å²) >= 11 is 1.66. The minimum atomic E-state index is 0.744. The molecule has 2 aromatic rings. The molecule has 0 bridgehead atoms. The molecule has 2 heterocycles. The lowest BCUT2D eigenvalue weighted by atomic mass is 9.99. The largest absolute Gasteiger partial charge is 0.369 e. The van der Waals surface area contributed by atoms with E-state index in [4.69, 9.17) is 0 Å². The molecule has 1 atom stereocenters. The van der Waals surface area contributed by atoms with Crippen LogP contribution in [0.5, 0.6) is 0 Å². The Bertz CT molecular complexity index is 481.